The van der Waals surface area contributed by atoms with Gasteiger partial charge in [0, 0.05) is 12.1 Å². The monoisotopic (exact) mass is 236 g/mol. The van der Waals surface area contributed by atoms with Crippen molar-refractivity contribution in [2.75, 3.05) is 0 Å². The van der Waals surface area contributed by atoms with E-state index in [0.29, 0.717) is 0 Å². The van der Waals surface area contributed by atoms with E-state index in [4.69, 9.17) is 0 Å². The molecule has 0 amide bonds. The van der Waals surface area contributed by atoms with E-state index in [0.717, 1.165) is 18.2 Å². The molecule has 78 valence electrons. The van der Waals surface area contributed by atoms with E-state index in [9.17, 15) is 30.3 Å². The Hall–Kier alpha value is -1.58. The van der Waals surface area contributed by atoms with Crippen molar-refractivity contribution < 1.29 is 44.3 Å². The van der Waals surface area contributed by atoms with Gasteiger partial charge in [0.2, 0.25) is 0 Å². The number of rotatable bonds is 3. The van der Waals surface area contributed by atoms with Gasteiger partial charge in [-0.05, 0) is 6.07 Å². The zero-order chi connectivity index (χ0) is 11.6. The summed E-state index contributed by atoms with van der Waals surface area (Å²) in [6.45, 7) is 0. The van der Waals surface area contributed by atoms with Crippen LogP contribution < -0.4 is 29.6 Å². The first-order valence-electron chi connectivity index (χ1n) is 3.51. The van der Waals surface area contributed by atoms with Crippen molar-refractivity contribution in [1.82, 2.24) is 0 Å². The number of nitrogens with zero attached hydrogens (tertiary/aromatic N) is 3. The Labute approximate surface area is 110 Å². The predicted molar refractivity (Wildman–Crippen MR) is 46.4 cm³/mol. The van der Waals surface area contributed by atoms with Gasteiger partial charge in [0.05, 0.1) is 14.8 Å². The van der Waals surface area contributed by atoms with E-state index in [1.165, 1.54) is 0 Å². The first-order valence-corrected chi connectivity index (χ1v) is 3.51. The summed E-state index contributed by atoms with van der Waals surface area (Å²) >= 11 is 0. The Morgan fingerprint density at radius 1 is 0.812 bits per heavy atom. The van der Waals surface area contributed by atoms with Crippen molar-refractivity contribution in [2.24, 2.45) is 0 Å². The quantitative estimate of drug-likeness (QED) is 0.353. The molecule has 1 aromatic rings. The molecule has 16 heavy (non-hydrogen) atoms. The molecule has 0 heterocycles. The summed E-state index contributed by atoms with van der Waals surface area (Å²) in [7, 11) is 0. The van der Waals surface area contributed by atoms with E-state index in [2.05, 4.69) is 0 Å². The van der Waals surface area contributed by atoms with E-state index >= 15 is 0 Å². The zero-order valence-corrected chi connectivity index (χ0v) is 10.0. The number of hydrogen-bond donors (Lipinski definition) is 0. The van der Waals surface area contributed by atoms with Crippen molar-refractivity contribution in [1.29, 1.82) is 0 Å². The van der Waals surface area contributed by atoms with Crippen molar-refractivity contribution in [2.45, 2.75) is 0 Å². The smallest absolute Gasteiger partial charge is 0.258 e. The van der Waals surface area contributed by atoms with Gasteiger partial charge in [-0.2, -0.15) is 0 Å². The largest absolute Gasteiger partial charge is 1.00 e. The summed E-state index contributed by atoms with van der Waals surface area (Å²) in [5.41, 5.74) is -2.89. The third-order valence-electron chi connectivity index (χ3n) is 1.57. The number of benzene rings is 1. The van der Waals surface area contributed by atoms with Gasteiger partial charge in [0.15, 0.2) is 0 Å². The Bertz CT molecular complexity index is 429. The molecule has 0 unspecified atom stereocenters. The third kappa shape index (κ3) is 2.72. The number of nitro groups is 3. The fraction of sp³-hybridized carbons (Fsp3) is 0. The number of nitro benzene ring substituents is 3. The molecule has 1 rings (SSSR count). The molecule has 0 bridgehead atoms. The van der Waals surface area contributed by atoms with Gasteiger partial charge in [-0.25, -0.2) is 0 Å². The summed E-state index contributed by atoms with van der Waals surface area (Å²) in [6.07, 6.45) is 0. The molecule has 0 aliphatic carbocycles. The van der Waals surface area contributed by atoms with E-state index in [-0.39, 0.29) is 29.6 Å². The van der Waals surface area contributed by atoms with Gasteiger partial charge in [0.25, 0.3) is 0 Å². The van der Waals surface area contributed by atoms with Gasteiger partial charge in [-0.1, -0.05) is 0 Å². The minimum absolute atomic E-state index is 0. The SMILES string of the molecule is O=[N+]([O-])c1cccc([N+](=O)[O-])c1[N+](=O)[O-].[Na+]. The molecule has 0 atom stereocenters. The van der Waals surface area contributed by atoms with E-state index in [1.54, 1.807) is 0 Å². The average molecular weight is 236 g/mol. The molecular formula is C6H3N3NaO6+. The minimum Gasteiger partial charge on any atom is -0.258 e. The van der Waals surface area contributed by atoms with Crippen LogP contribution in [0.2, 0.25) is 0 Å². The van der Waals surface area contributed by atoms with Crippen molar-refractivity contribution in [3.63, 3.8) is 0 Å². The van der Waals surface area contributed by atoms with E-state index in [1.807, 2.05) is 0 Å². The maximum atomic E-state index is 10.4. The maximum absolute atomic E-state index is 10.4. The molecule has 0 saturated carbocycles. The third-order valence-corrected chi connectivity index (χ3v) is 1.57. The normalized spacial score (nSPS) is 9.00. The molecule has 0 radical (unpaired) electrons. The standard InChI is InChI=1S/C6H3N3O6.Na/c10-7(11)4-2-1-3-5(8(12)13)6(4)9(14)15;/h1-3H;/q;+1. The van der Waals surface area contributed by atoms with E-state index < -0.39 is 31.8 Å². The molecule has 10 heteroatoms. The molecule has 0 aliphatic heterocycles. The molecule has 0 saturated heterocycles. The Morgan fingerprint density at radius 2 is 1.19 bits per heavy atom. The topological polar surface area (TPSA) is 129 Å². The van der Waals surface area contributed by atoms with Gasteiger partial charge < -0.3 is 0 Å². The number of hydrogen-bond acceptors (Lipinski definition) is 6. The van der Waals surface area contributed by atoms with Crippen LogP contribution in [0, 0.1) is 30.3 Å². The Kier molecular flexibility index (Phi) is 4.95. The Morgan fingerprint density at radius 3 is 1.44 bits per heavy atom. The molecule has 0 aliphatic rings. The first kappa shape index (κ1) is 14.4. The van der Waals surface area contributed by atoms with Crippen LogP contribution in [0.15, 0.2) is 18.2 Å². The second kappa shape index (κ2) is 5.49. The maximum Gasteiger partial charge on any atom is 1.00 e. The van der Waals surface area contributed by atoms with Crippen LogP contribution in [0.1, 0.15) is 0 Å². The van der Waals surface area contributed by atoms with Crippen LogP contribution in [-0.2, 0) is 0 Å². The summed E-state index contributed by atoms with van der Waals surface area (Å²) in [5, 5.41) is 31.2. The molecule has 0 fully saturated rings. The van der Waals surface area contributed by atoms with Gasteiger partial charge >= 0.3 is 46.6 Å². The fourth-order valence-corrected chi connectivity index (χ4v) is 1.00. The molecule has 9 nitrogen and oxygen atoms in total. The van der Waals surface area contributed by atoms with Crippen molar-refractivity contribution >= 4 is 17.1 Å². The zero-order valence-electron chi connectivity index (χ0n) is 8.02. The predicted octanol–water partition coefficient (Wildman–Crippen LogP) is -1.58. The first-order chi connectivity index (χ1) is 6.95. The van der Waals surface area contributed by atoms with Crippen molar-refractivity contribution in [3.05, 3.63) is 48.5 Å². The van der Waals surface area contributed by atoms with Crippen molar-refractivity contribution in [3.8, 4) is 0 Å². The van der Waals surface area contributed by atoms with Crippen LogP contribution in [0.4, 0.5) is 17.1 Å². The minimum atomic E-state index is -1.14. The molecule has 0 aromatic heterocycles. The molecular weight excluding hydrogens is 233 g/mol. The van der Waals surface area contributed by atoms with Gasteiger partial charge in [0.1, 0.15) is 0 Å². The van der Waals surface area contributed by atoms with Gasteiger partial charge in [-0.3, -0.25) is 30.3 Å². The van der Waals surface area contributed by atoms with Crippen LogP contribution in [0.5, 0.6) is 0 Å². The van der Waals surface area contributed by atoms with Crippen LogP contribution >= 0.6 is 0 Å². The second-order valence-electron chi connectivity index (χ2n) is 2.42. The van der Waals surface area contributed by atoms with Crippen LogP contribution in [0.3, 0.4) is 0 Å². The summed E-state index contributed by atoms with van der Waals surface area (Å²) in [5.74, 6) is 0. The summed E-state index contributed by atoms with van der Waals surface area (Å²) in [4.78, 5) is 28.0. The summed E-state index contributed by atoms with van der Waals surface area (Å²) in [6, 6.07) is 2.69. The summed E-state index contributed by atoms with van der Waals surface area (Å²) < 4.78 is 0. The molecule has 0 N–H and O–H groups in total. The molecule has 1 aromatic carbocycles. The fourth-order valence-electron chi connectivity index (χ4n) is 1.00. The average Bonchev–Trinajstić information content (AvgIpc) is 2.16. The Balaban J connectivity index is 0.00000225. The number of para-hydroxylation sites is 1. The molecule has 0 spiro atoms. The second-order valence-corrected chi connectivity index (χ2v) is 2.42. The van der Waals surface area contributed by atoms with Crippen LogP contribution in [-0.4, -0.2) is 14.8 Å². The van der Waals surface area contributed by atoms with Gasteiger partial charge in [-0.15, -0.1) is 0 Å². The van der Waals surface area contributed by atoms with Crippen LogP contribution in [0.25, 0.3) is 0 Å².